The van der Waals surface area contributed by atoms with Crippen molar-refractivity contribution in [3.63, 3.8) is 0 Å². The molecular weight excluding hydrogens is 625 g/mol. The Balaban J connectivity index is 1.16. The fraction of sp³-hybridized carbons (Fsp3) is 0. The molecule has 9 rings (SSSR count). The maximum absolute atomic E-state index is 10.2. The zero-order valence-electron chi connectivity index (χ0n) is 27.4. The highest BCUT2D eigenvalue weighted by Crippen LogP contribution is 2.38. The van der Waals surface area contributed by atoms with E-state index in [1.807, 2.05) is 121 Å². The van der Waals surface area contributed by atoms with Crippen LogP contribution >= 0.6 is 0 Å². The Morgan fingerprint density at radius 2 is 0.961 bits per heavy atom. The molecule has 0 atom stereocenters. The van der Waals surface area contributed by atoms with Gasteiger partial charge >= 0.3 is 0 Å². The summed E-state index contributed by atoms with van der Waals surface area (Å²) in [5, 5.41) is 12.3. The van der Waals surface area contributed by atoms with Crippen molar-refractivity contribution in [2.75, 3.05) is 0 Å². The van der Waals surface area contributed by atoms with Crippen molar-refractivity contribution >= 4 is 21.9 Å². The molecule has 238 valence electrons. The number of fused-ring (bicyclic) bond motifs is 3. The van der Waals surface area contributed by atoms with Crippen molar-refractivity contribution in [3.8, 4) is 73.6 Å². The van der Waals surface area contributed by atoms with Crippen molar-refractivity contribution in [2.45, 2.75) is 0 Å². The molecule has 5 nitrogen and oxygen atoms in total. The molecule has 2 heterocycles. The van der Waals surface area contributed by atoms with Crippen LogP contribution in [0.4, 0.5) is 0 Å². The Labute approximate surface area is 294 Å². The van der Waals surface area contributed by atoms with Crippen LogP contribution in [0.15, 0.2) is 174 Å². The summed E-state index contributed by atoms with van der Waals surface area (Å²) in [6.45, 7) is 0. The highest BCUT2D eigenvalue weighted by atomic mass is 16.3. The molecule has 0 aliphatic heterocycles. The monoisotopic (exact) mass is 652 g/mol. The molecule has 0 N–H and O–H groups in total. The molecule has 0 unspecified atom stereocenters. The lowest BCUT2D eigenvalue weighted by molar-refractivity contribution is 0.669. The van der Waals surface area contributed by atoms with Crippen LogP contribution in [0.1, 0.15) is 5.56 Å². The highest BCUT2D eigenvalue weighted by molar-refractivity contribution is 6.13. The Morgan fingerprint density at radius 1 is 0.392 bits per heavy atom. The summed E-state index contributed by atoms with van der Waals surface area (Å²) in [4.78, 5) is 15.0. The Kier molecular flexibility index (Phi) is 7.46. The van der Waals surface area contributed by atoms with Crippen LogP contribution in [0, 0.1) is 11.3 Å². The number of hydrogen-bond donors (Lipinski definition) is 0. The van der Waals surface area contributed by atoms with E-state index < -0.39 is 0 Å². The third-order valence-corrected chi connectivity index (χ3v) is 9.19. The molecule has 2 aromatic heterocycles. The Bertz CT molecular complexity index is 2750. The largest absolute Gasteiger partial charge is 0.456 e. The Hall–Kier alpha value is -7.16. The summed E-state index contributed by atoms with van der Waals surface area (Å²) in [7, 11) is 0. The predicted octanol–water partition coefficient (Wildman–Crippen LogP) is 11.6. The predicted molar refractivity (Wildman–Crippen MR) is 204 cm³/mol. The minimum atomic E-state index is 0.538. The molecular formula is C46H28N4O. The van der Waals surface area contributed by atoms with E-state index in [1.165, 1.54) is 0 Å². The zero-order valence-corrected chi connectivity index (χ0v) is 27.4. The summed E-state index contributed by atoms with van der Waals surface area (Å²) in [6.07, 6.45) is 0. The van der Waals surface area contributed by atoms with Crippen LogP contribution in [-0.4, -0.2) is 15.0 Å². The summed E-state index contributed by atoms with van der Waals surface area (Å²) < 4.78 is 6.43. The van der Waals surface area contributed by atoms with Crippen LogP contribution in [0.25, 0.3) is 89.5 Å². The van der Waals surface area contributed by atoms with Crippen LogP contribution in [-0.2, 0) is 0 Å². The van der Waals surface area contributed by atoms with Crippen LogP contribution < -0.4 is 0 Å². The molecule has 0 saturated heterocycles. The number of aromatic nitrogens is 3. The molecule has 51 heavy (non-hydrogen) atoms. The maximum atomic E-state index is 10.2. The molecule has 7 aromatic carbocycles. The quantitative estimate of drug-likeness (QED) is 0.179. The number of nitriles is 1. The average Bonchev–Trinajstić information content (AvgIpc) is 3.60. The first-order chi connectivity index (χ1) is 25.2. The first-order valence-electron chi connectivity index (χ1n) is 16.7. The lowest BCUT2D eigenvalue weighted by Gasteiger charge is -2.11. The Morgan fingerprint density at radius 3 is 1.67 bits per heavy atom. The first-order valence-corrected chi connectivity index (χ1v) is 16.7. The molecule has 0 bridgehead atoms. The van der Waals surface area contributed by atoms with Gasteiger partial charge in [0.05, 0.1) is 11.6 Å². The minimum Gasteiger partial charge on any atom is -0.456 e. The number of benzene rings is 7. The molecule has 0 fully saturated rings. The number of nitrogens with zero attached hydrogens (tertiary/aromatic N) is 4. The van der Waals surface area contributed by atoms with Gasteiger partial charge in [0.15, 0.2) is 17.5 Å². The van der Waals surface area contributed by atoms with E-state index in [4.69, 9.17) is 19.4 Å². The van der Waals surface area contributed by atoms with E-state index in [9.17, 15) is 5.26 Å². The molecule has 0 radical (unpaired) electrons. The van der Waals surface area contributed by atoms with Crippen molar-refractivity contribution in [3.05, 3.63) is 175 Å². The summed E-state index contributed by atoms with van der Waals surface area (Å²) in [6, 6.07) is 59.2. The van der Waals surface area contributed by atoms with E-state index in [1.54, 1.807) is 0 Å². The zero-order chi connectivity index (χ0) is 34.1. The topological polar surface area (TPSA) is 75.6 Å². The van der Waals surface area contributed by atoms with E-state index in [2.05, 4.69) is 54.6 Å². The van der Waals surface area contributed by atoms with Crippen molar-refractivity contribution < 1.29 is 4.42 Å². The molecule has 0 spiro atoms. The van der Waals surface area contributed by atoms with Gasteiger partial charge < -0.3 is 4.42 Å². The van der Waals surface area contributed by atoms with Gasteiger partial charge in [-0.1, -0.05) is 140 Å². The molecule has 0 aliphatic carbocycles. The molecule has 5 heteroatoms. The van der Waals surface area contributed by atoms with Gasteiger partial charge in [0.1, 0.15) is 11.2 Å². The van der Waals surface area contributed by atoms with Gasteiger partial charge in [0.25, 0.3) is 0 Å². The third-order valence-electron chi connectivity index (χ3n) is 9.19. The summed E-state index contributed by atoms with van der Waals surface area (Å²) in [5.41, 5.74) is 10.8. The average molecular weight is 653 g/mol. The van der Waals surface area contributed by atoms with Gasteiger partial charge in [-0.2, -0.15) is 5.26 Å². The van der Waals surface area contributed by atoms with Crippen LogP contribution in [0.3, 0.4) is 0 Å². The van der Waals surface area contributed by atoms with E-state index in [0.717, 1.165) is 72.0 Å². The molecule has 0 saturated carbocycles. The van der Waals surface area contributed by atoms with Crippen LogP contribution in [0.5, 0.6) is 0 Å². The van der Waals surface area contributed by atoms with Crippen molar-refractivity contribution in [1.82, 2.24) is 15.0 Å². The van der Waals surface area contributed by atoms with E-state index >= 15 is 0 Å². The van der Waals surface area contributed by atoms with E-state index in [0.29, 0.717) is 23.0 Å². The van der Waals surface area contributed by atoms with Crippen molar-refractivity contribution in [2.24, 2.45) is 0 Å². The lowest BCUT2D eigenvalue weighted by Crippen LogP contribution is -2.00. The van der Waals surface area contributed by atoms with E-state index in [-0.39, 0.29) is 0 Å². The third kappa shape index (κ3) is 5.61. The van der Waals surface area contributed by atoms with Crippen LogP contribution in [0.2, 0.25) is 0 Å². The second-order valence-electron chi connectivity index (χ2n) is 12.3. The molecule has 0 aliphatic rings. The lowest BCUT2D eigenvalue weighted by atomic mass is 9.94. The second-order valence-corrected chi connectivity index (χ2v) is 12.3. The van der Waals surface area contributed by atoms with Gasteiger partial charge in [-0.05, 0) is 63.7 Å². The van der Waals surface area contributed by atoms with Gasteiger partial charge in [0, 0.05) is 27.5 Å². The fourth-order valence-corrected chi connectivity index (χ4v) is 6.70. The van der Waals surface area contributed by atoms with Gasteiger partial charge in [-0.3, -0.25) is 0 Å². The van der Waals surface area contributed by atoms with Crippen molar-refractivity contribution in [1.29, 1.82) is 5.26 Å². The van der Waals surface area contributed by atoms with Gasteiger partial charge in [0.2, 0.25) is 0 Å². The summed E-state index contributed by atoms with van der Waals surface area (Å²) >= 11 is 0. The normalized spacial score (nSPS) is 11.1. The number of hydrogen-bond acceptors (Lipinski definition) is 5. The molecule has 9 aromatic rings. The number of rotatable bonds is 6. The molecule has 0 amide bonds. The highest BCUT2D eigenvalue weighted by Gasteiger charge is 2.17. The maximum Gasteiger partial charge on any atom is 0.164 e. The summed E-state index contributed by atoms with van der Waals surface area (Å²) in [5.74, 6) is 1.65. The minimum absolute atomic E-state index is 0.538. The van der Waals surface area contributed by atoms with Gasteiger partial charge in [-0.15, -0.1) is 0 Å². The number of furan rings is 1. The standard InChI is InChI=1S/C46H28N4O/c47-29-37-26-33(30-12-4-1-5-13-30)22-24-38(37)34-18-10-19-35(27-34)45-48-44(32-16-8-3-9-17-32)49-46(50-45)36-23-25-40-42(28-36)51-41-21-11-20-39(43(40)41)31-14-6-2-7-15-31/h1-28H. The second kappa shape index (κ2) is 12.7. The SMILES string of the molecule is N#Cc1cc(-c2ccccc2)ccc1-c1cccc(-c2nc(-c3ccccc3)nc(-c3ccc4c(c3)oc3cccc(-c5ccccc5)c34)n2)c1. The van der Waals surface area contributed by atoms with Gasteiger partial charge in [-0.25, -0.2) is 15.0 Å². The fourth-order valence-electron chi connectivity index (χ4n) is 6.70. The smallest absolute Gasteiger partial charge is 0.164 e. The first kappa shape index (κ1) is 29.9.